The molecule has 1 saturated heterocycles. The van der Waals surface area contributed by atoms with Crippen LogP contribution in [0.4, 0.5) is 18.9 Å². The topological polar surface area (TPSA) is 33.5 Å². The van der Waals surface area contributed by atoms with Crippen LogP contribution in [-0.4, -0.2) is 25.0 Å². The van der Waals surface area contributed by atoms with Crippen LogP contribution in [0.5, 0.6) is 0 Å². The van der Waals surface area contributed by atoms with Gasteiger partial charge in [-0.05, 0) is 50.5 Å². The molecule has 1 aromatic carbocycles. The molecule has 1 heterocycles. The number of rotatable bonds is 3. The summed E-state index contributed by atoms with van der Waals surface area (Å²) in [5.74, 6) is -0.154. The summed E-state index contributed by atoms with van der Waals surface area (Å²) in [7, 11) is 0. The molecular weight excluding hydrogens is 281 g/mol. The van der Waals surface area contributed by atoms with Gasteiger partial charge in [-0.25, -0.2) is 0 Å². The van der Waals surface area contributed by atoms with Crippen molar-refractivity contribution in [1.82, 2.24) is 0 Å². The number of amides is 1. The van der Waals surface area contributed by atoms with Gasteiger partial charge in [0.05, 0.1) is 18.2 Å². The molecule has 21 heavy (non-hydrogen) atoms. The number of halogens is 3. The SMILES string of the molecule is C[C@@H]1CCCC[NH+]1CC(=O)Nc1ccc(C(F)(F)F)cc1. The zero-order valence-electron chi connectivity index (χ0n) is 12.0. The van der Waals surface area contributed by atoms with Crippen molar-refractivity contribution in [3.8, 4) is 0 Å². The van der Waals surface area contributed by atoms with Gasteiger partial charge in [-0.15, -0.1) is 0 Å². The Labute approximate surface area is 122 Å². The third kappa shape index (κ3) is 4.46. The highest BCUT2D eigenvalue weighted by molar-refractivity contribution is 5.91. The fraction of sp³-hybridized carbons (Fsp3) is 0.533. The zero-order valence-corrected chi connectivity index (χ0v) is 12.0. The van der Waals surface area contributed by atoms with E-state index in [4.69, 9.17) is 0 Å². The van der Waals surface area contributed by atoms with Crippen LogP contribution < -0.4 is 10.2 Å². The van der Waals surface area contributed by atoms with Gasteiger partial charge >= 0.3 is 6.18 Å². The summed E-state index contributed by atoms with van der Waals surface area (Å²) in [6.45, 7) is 3.46. The summed E-state index contributed by atoms with van der Waals surface area (Å²) in [4.78, 5) is 13.2. The second-order valence-electron chi connectivity index (χ2n) is 5.61. The molecule has 6 heteroatoms. The minimum Gasteiger partial charge on any atom is -0.325 e. The number of benzene rings is 1. The molecule has 116 valence electrons. The molecule has 1 amide bonds. The Kier molecular flexibility index (Phi) is 4.88. The van der Waals surface area contributed by atoms with E-state index in [1.54, 1.807) is 0 Å². The maximum absolute atomic E-state index is 12.4. The number of hydrogen-bond donors (Lipinski definition) is 2. The van der Waals surface area contributed by atoms with Crippen molar-refractivity contribution in [2.45, 2.75) is 38.4 Å². The number of likely N-dealkylation sites (tertiary alicyclic amines) is 1. The Morgan fingerprint density at radius 1 is 1.29 bits per heavy atom. The normalized spacial score (nSPS) is 22.9. The second-order valence-corrected chi connectivity index (χ2v) is 5.61. The number of quaternary nitrogens is 1. The third-order valence-corrected chi connectivity index (χ3v) is 3.97. The Morgan fingerprint density at radius 2 is 1.95 bits per heavy atom. The Hall–Kier alpha value is -1.56. The molecule has 2 atom stereocenters. The van der Waals surface area contributed by atoms with E-state index in [1.165, 1.54) is 23.5 Å². The summed E-state index contributed by atoms with van der Waals surface area (Å²) in [5, 5.41) is 2.66. The first kappa shape index (κ1) is 15.8. The van der Waals surface area contributed by atoms with Crippen LogP contribution in [-0.2, 0) is 11.0 Å². The standard InChI is InChI=1S/C15H19F3N2O/c1-11-4-2-3-9-20(11)10-14(21)19-13-7-5-12(6-8-13)15(16,17)18/h5-8,11H,2-4,9-10H2,1H3,(H,19,21)/p+1/t11-/m1/s1. The predicted octanol–water partition coefficient (Wildman–Crippen LogP) is 2.10. The molecule has 0 aliphatic carbocycles. The lowest BCUT2D eigenvalue weighted by molar-refractivity contribution is -0.920. The van der Waals surface area contributed by atoms with Gasteiger partial charge < -0.3 is 10.2 Å². The first-order valence-corrected chi connectivity index (χ1v) is 7.18. The average Bonchev–Trinajstić information content (AvgIpc) is 2.41. The van der Waals surface area contributed by atoms with Crippen molar-refractivity contribution in [3.63, 3.8) is 0 Å². The fourth-order valence-electron chi connectivity index (χ4n) is 2.67. The summed E-state index contributed by atoms with van der Waals surface area (Å²) in [6, 6.07) is 4.99. The van der Waals surface area contributed by atoms with Gasteiger partial charge in [-0.3, -0.25) is 4.79 Å². The number of anilines is 1. The van der Waals surface area contributed by atoms with E-state index < -0.39 is 11.7 Å². The molecule has 1 fully saturated rings. The molecule has 0 bridgehead atoms. The van der Waals surface area contributed by atoms with Crippen LogP contribution in [0.3, 0.4) is 0 Å². The molecule has 1 aromatic rings. The van der Waals surface area contributed by atoms with Gasteiger partial charge in [-0.1, -0.05) is 0 Å². The summed E-state index contributed by atoms with van der Waals surface area (Å²) < 4.78 is 37.3. The number of carbonyl (C=O) groups is 1. The van der Waals surface area contributed by atoms with E-state index in [-0.39, 0.29) is 5.91 Å². The molecule has 0 saturated carbocycles. The first-order valence-electron chi connectivity index (χ1n) is 7.18. The van der Waals surface area contributed by atoms with Gasteiger partial charge in [0.1, 0.15) is 0 Å². The summed E-state index contributed by atoms with van der Waals surface area (Å²) in [6.07, 6.45) is -0.919. The van der Waals surface area contributed by atoms with E-state index in [0.717, 1.165) is 31.5 Å². The Bertz CT molecular complexity index is 485. The Morgan fingerprint density at radius 3 is 2.52 bits per heavy atom. The Balaban J connectivity index is 1.90. The molecule has 2 rings (SSSR count). The largest absolute Gasteiger partial charge is 0.416 e. The van der Waals surface area contributed by atoms with Gasteiger partial charge in [-0.2, -0.15) is 13.2 Å². The average molecular weight is 301 g/mol. The van der Waals surface area contributed by atoms with E-state index in [2.05, 4.69) is 12.2 Å². The third-order valence-electron chi connectivity index (χ3n) is 3.97. The van der Waals surface area contributed by atoms with Gasteiger partial charge in [0.2, 0.25) is 0 Å². The number of nitrogens with one attached hydrogen (secondary N) is 2. The smallest absolute Gasteiger partial charge is 0.325 e. The summed E-state index contributed by atoms with van der Waals surface area (Å²) in [5.41, 5.74) is -0.312. The lowest BCUT2D eigenvalue weighted by Crippen LogP contribution is -3.17. The number of piperidine rings is 1. The quantitative estimate of drug-likeness (QED) is 0.881. The lowest BCUT2D eigenvalue weighted by atomic mass is 10.0. The maximum Gasteiger partial charge on any atom is 0.416 e. The van der Waals surface area contributed by atoms with E-state index in [0.29, 0.717) is 18.3 Å². The van der Waals surface area contributed by atoms with Gasteiger partial charge in [0.25, 0.3) is 5.91 Å². The molecular formula is C15H20F3N2O+. The molecule has 1 aliphatic heterocycles. The fourth-order valence-corrected chi connectivity index (χ4v) is 2.67. The highest BCUT2D eigenvalue weighted by Gasteiger charge is 2.30. The highest BCUT2D eigenvalue weighted by atomic mass is 19.4. The number of alkyl halides is 3. The van der Waals surface area contributed by atoms with Crippen LogP contribution >= 0.6 is 0 Å². The molecule has 0 aromatic heterocycles. The second kappa shape index (κ2) is 6.47. The van der Waals surface area contributed by atoms with Crippen molar-refractivity contribution >= 4 is 11.6 Å². The van der Waals surface area contributed by atoms with Gasteiger partial charge in [0, 0.05) is 5.69 Å². The van der Waals surface area contributed by atoms with Crippen LogP contribution in [0, 0.1) is 0 Å². The first-order chi connectivity index (χ1) is 9.86. The molecule has 2 N–H and O–H groups in total. The van der Waals surface area contributed by atoms with Crippen LogP contribution in [0.1, 0.15) is 31.7 Å². The van der Waals surface area contributed by atoms with Crippen molar-refractivity contribution < 1.29 is 22.9 Å². The lowest BCUT2D eigenvalue weighted by Gasteiger charge is -2.29. The van der Waals surface area contributed by atoms with E-state index in [9.17, 15) is 18.0 Å². The monoisotopic (exact) mass is 301 g/mol. The minimum absolute atomic E-state index is 0.154. The molecule has 1 aliphatic rings. The highest BCUT2D eigenvalue weighted by Crippen LogP contribution is 2.29. The zero-order chi connectivity index (χ0) is 15.5. The molecule has 0 radical (unpaired) electrons. The predicted molar refractivity (Wildman–Crippen MR) is 74.1 cm³/mol. The minimum atomic E-state index is -4.35. The van der Waals surface area contributed by atoms with Crippen LogP contribution in [0.15, 0.2) is 24.3 Å². The van der Waals surface area contributed by atoms with Crippen LogP contribution in [0.2, 0.25) is 0 Å². The molecule has 3 nitrogen and oxygen atoms in total. The number of carbonyl (C=O) groups excluding carboxylic acids is 1. The van der Waals surface area contributed by atoms with Crippen molar-refractivity contribution in [1.29, 1.82) is 0 Å². The number of hydrogen-bond acceptors (Lipinski definition) is 1. The van der Waals surface area contributed by atoms with Crippen LogP contribution in [0.25, 0.3) is 0 Å². The maximum atomic E-state index is 12.4. The summed E-state index contributed by atoms with van der Waals surface area (Å²) >= 11 is 0. The van der Waals surface area contributed by atoms with Crippen molar-refractivity contribution in [3.05, 3.63) is 29.8 Å². The van der Waals surface area contributed by atoms with Crippen molar-refractivity contribution in [2.24, 2.45) is 0 Å². The molecule has 1 unspecified atom stereocenters. The van der Waals surface area contributed by atoms with Crippen molar-refractivity contribution in [2.75, 3.05) is 18.4 Å². The molecule has 0 spiro atoms. The van der Waals surface area contributed by atoms with E-state index in [1.807, 2.05) is 0 Å². The van der Waals surface area contributed by atoms with E-state index >= 15 is 0 Å². The van der Waals surface area contributed by atoms with Gasteiger partial charge in [0.15, 0.2) is 6.54 Å².